The zero-order valence-electron chi connectivity index (χ0n) is 21.7. The molecule has 0 radical (unpaired) electrons. The molecule has 1 aliphatic heterocycles. The molecule has 40 heavy (non-hydrogen) atoms. The molecule has 1 fully saturated rings. The van der Waals surface area contributed by atoms with Crippen LogP contribution in [0.3, 0.4) is 0 Å². The van der Waals surface area contributed by atoms with E-state index in [0.717, 1.165) is 16.0 Å². The van der Waals surface area contributed by atoms with E-state index in [2.05, 4.69) is 15.4 Å². The molecule has 3 aromatic rings. The Morgan fingerprint density at radius 2 is 1.73 bits per heavy atom. The number of rotatable bonds is 7. The van der Waals surface area contributed by atoms with Crippen molar-refractivity contribution in [1.82, 2.24) is 5.32 Å². The number of urea groups is 1. The second-order valence-corrected chi connectivity index (χ2v) is 9.25. The summed E-state index contributed by atoms with van der Waals surface area (Å²) >= 11 is 6.34. The minimum Gasteiger partial charge on any atom is -0.482 e. The summed E-state index contributed by atoms with van der Waals surface area (Å²) in [4.78, 5) is 62.9. The average Bonchev–Trinajstić information content (AvgIpc) is 2.92. The number of esters is 1. The molecule has 5 amide bonds. The van der Waals surface area contributed by atoms with Gasteiger partial charge < -0.3 is 14.8 Å². The number of carbonyl (C=O) groups is 5. The maximum atomic E-state index is 13.1. The molecule has 10 nitrogen and oxygen atoms in total. The van der Waals surface area contributed by atoms with Crippen molar-refractivity contribution in [2.45, 2.75) is 13.8 Å². The molecule has 1 aliphatic rings. The number of hydrogen-bond donors (Lipinski definition) is 2. The molecule has 0 aromatic heterocycles. The second kappa shape index (κ2) is 11.8. The van der Waals surface area contributed by atoms with E-state index in [9.17, 15) is 24.0 Å². The molecule has 0 saturated carbocycles. The third kappa shape index (κ3) is 6.19. The lowest BCUT2D eigenvalue weighted by Gasteiger charge is -2.26. The number of methoxy groups -OCH3 is 1. The number of anilines is 2. The van der Waals surface area contributed by atoms with Crippen molar-refractivity contribution in [2.75, 3.05) is 23.9 Å². The van der Waals surface area contributed by atoms with Gasteiger partial charge in [0.25, 0.3) is 17.7 Å². The minimum atomic E-state index is -0.932. The topological polar surface area (TPSA) is 131 Å². The van der Waals surface area contributed by atoms with Crippen molar-refractivity contribution in [3.05, 3.63) is 93.5 Å². The number of carbonyl (C=O) groups excluding carboxylic acids is 5. The highest BCUT2D eigenvalue weighted by Gasteiger charge is 2.36. The molecule has 0 atom stereocenters. The number of imide groups is 2. The summed E-state index contributed by atoms with van der Waals surface area (Å²) in [6, 6.07) is 14.8. The zero-order valence-corrected chi connectivity index (χ0v) is 22.5. The Morgan fingerprint density at radius 3 is 2.40 bits per heavy atom. The van der Waals surface area contributed by atoms with Crippen molar-refractivity contribution < 1.29 is 33.4 Å². The van der Waals surface area contributed by atoms with Gasteiger partial charge in [0.1, 0.15) is 11.3 Å². The monoisotopic (exact) mass is 561 g/mol. The molecule has 0 spiro atoms. The van der Waals surface area contributed by atoms with Crippen molar-refractivity contribution in [3.8, 4) is 5.75 Å². The number of ether oxygens (including phenoxy) is 2. The van der Waals surface area contributed by atoms with Gasteiger partial charge in [-0.15, -0.1) is 0 Å². The molecule has 0 unspecified atom stereocenters. The summed E-state index contributed by atoms with van der Waals surface area (Å²) in [5.74, 6) is -2.47. The summed E-state index contributed by atoms with van der Waals surface area (Å²) in [6.45, 7) is 3.51. The van der Waals surface area contributed by atoms with Gasteiger partial charge in [-0.3, -0.25) is 19.7 Å². The Morgan fingerprint density at radius 1 is 1.00 bits per heavy atom. The zero-order chi connectivity index (χ0) is 29.0. The molecule has 0 aliphatic carbocycles. The fourth-order valence-corrected chi connectivity index (χ4v) is 4.09. The molecular weight excluding hydrogens is 538 g/mol. The van der Waals surface area contributed by atoms with Gasteiger partial charge in [-0.1, -0.05) is 29.8 Å². The van der Waals surface area contributed by atoms with Crippen LogP contribution in [-0.2, 0) is 19.1 Å². The quantitative estimate of drug-likeness (QED) is 0.248. The summed E-state index contributed by atoms with van der Waals surface area (Å²) < 4.78 is 10.2. The number of hydrogen-bond acceptors (Lipinski definition) is 7. The molecule has 2 N–H and O–H groups in total. The van der Waals surface area contributed by atoms with Crippen LogP contribution >= 0.6 is 11.6 Å². The first kappa shape index (κ1) is 28.1. The number of aryl methyl sites for hydroxylation is 2. The third-order valence-corrected chi connectivity index (χ3v) is 6.24. The average molecular weight is 562 g/mol. The van der Waals surface area contributed by atoms with Gasteiger partial charge in [0.2, 0.25) is 0 Å². The van der Waals surface area contributed by atoms with Crippen molar-refractivity contribution >= 4 is 58.8 Å². The van der Waals surface area contributed by atoms with Gasteiger partial charge in [-0.25, -0.2) is 14.5 Å². The SMILES string of the molecule is COC(=O)c1ccc(N2C(=O)NC(=O)/C(=C/c3ccc(OCC(=O)Nc4cc(C)ccc4C)c(Cl)c3)C2=O)cc1. The van der Waals surface area contributed by atoms with E-state index in [4.69, 9.17) is 16.3 Å². The van der Waals surface area contributed by atoms with Gasteiger partial charge >= 0.3 is 12.0 Å². The van der Waals surface area contributed by atoms with Crippen LogP contribution in [0.5, 0.6) is 5.75 Å². The molecule has 1 saturated heterocycles. The van der Waals surface area contributed by atoms with E-state index in [1.807, 2.05) is 32.0 Å². The highest BCUT2D eigenvalue weighted by molar-refractivity contribution is 6.39. The lowest BCUT2D eigenvalue weighted by molar-refractivity contribution is -0.122. The van der Waals surface area contributed by atoms with Crippen LogP contribution in [0, 0.1) is 13.8 Å². The van der Waals surface area contributed by atoms with E-state index in [0.29, 0.717) is 11.3 Å². The molecule has 11 heteroatoms. The summed E-state index contributed by atoms with van der Waals surface area (Å²) in [6.07, 6.45) is 1.28. The predicted octanol–water partition coefficient (Wildman–Crippen LogP) is 4.43. The van der Waals surface area contributed by atoms with E-state index in [-0.39, 0.29) is 40.1 Å². The lowest BCUT2D eigenvalue weighted by atomic mass is 10.1. The molecule has 1 heterocycles. The van der Waals surface area contributed by atoms with E-state index >= 15 is 0 Å². The highest BCUT2D eigenvalue weighted by Crippen LogP contribution is 2.28. The van der Waals surface area contributed by atoms with Crippen molar-refractivity contribution in [1.29, 1.82) is 0 Å². The van der Waals surface area contributed by atoms with E-state index in [1.165, 1.54) is 49.6 Å². The summed E-state index contributed by atoms with van der Waals surface area (Å²) in [7, 11) is 1.23. The first-order chi connectivity index (χ1) is 19.1. The number of barbiturate groups is 1. The van der Waals surface area contributed by atoms with Crippen molar-refractivity contribution in [3.63, 3.8) is 0 Å². The van der Waals surface area contributed by atoms with Crippen molar-refractivity contribution in [2.24, 2.45) is 0 Å². The maximum Gasteiger partial charge on any atom is 0.337 e. The van der Waals surface area contributed by atoms with Gasteiger partial charge in [0.15, 0.2) is 6.61 Å². The Balaban J connectivity index is 1.48. The molecule has 204 valence electrons. The number of benzene rings is 3. The number of nitrogens with zero attached hydrogens (tertiary/aromatic N) is 1. The van der Waals surface area contributed by atoms with Gasteiger partial charge in [-0.2, -0.15) is 0 Å². The maximum absolute atomic E-state index is 13.1. The van der Waals surface area contributed by atoms with Crippen LogP contribution < -0.4 is 20.3 Å². The largest absolute Gasteiger partial charge is 0.482 e. The third-order valence-electron chi connectivity index (χ3n) is 5.94. The van der Waals surface area contributed by atoms with Crippen LogP contribution in [0.1, 0.15) is 27.0 Å². The van der Waals surface area contributed by atoms with Gasteiger partial charge in [0.05, 0.1) is 23.4 Å². The number of amides is 5. The van der Waals surface area contributed by atoms with Crippen LogP contribution in [0.4, 0.5) is 16.2 Å². The van der Waals surface area contributed by atoms with Gasteiger partial charge in [-0.05, 0) is 79.1 Å². The molecule has 3 aromatic carbocycles. The Bertz CT molecular complexity index is 1560. The molecule has 0 bridgehead atoms. The van der Waals surface area contributed by atoms with Crippen LogP contribution in [-0.4, -0.2) is 43.4 Å². The summed E-state index contributed by atoms with van der Waals surface area (Å²) in [5.41, 5.74) is 3.04. The standard InChI is InChI=1S/C29H24ClN3O7/c1-16-4-5-17(2)23(12-16)31-25(34)15-40-24-11-6-18(14-22(24)30)13-21-26(35)32-29(38)33(27(21)36)20-9-7-19(8-10-20)28(37)39-3/h4-14H,15H2,1-3H3,(H,31,34)(H,32,35,38)/b21-13-. The predicted molar refractivity (Wildman–Crippen MR) is 148 cm³/mol. The Kier molecular flexibility index (Phi) is 8.30. The lowest BCUT2D eigenvalue weighted by Crippen LogP contribution is -2.54. The fraction of sp³-hybridized carbons (Fsp3) is 0.138. The van der Waals surface area contributed by atoms with Crippen LogP contribution in [0.2, 0.25) is 5.02 Å². The normalized spacial score (nSPS) is 14.2. The summed E-state index contributed by atoms with van der Waals surface area (Å²) in [5, 5.41) is 5.07. The van der Waals surface area contributed by atoms with Crippen LogP contribution in [0.25, 0.3) is 6.08 Å². The van der Waals surface area contributed by atoms with Gasteiger partial charge in [0, 0.05) is 5.69 Å². The molecular formula is C29H24ClN3O7. The Hall–Kier alpha value is -4.96. The second-order valence-electron chi connectivity index (χ2n) is 8.84. The number of nitrogens with one attached hydrogen (secondary N) is 2. The highest BCUT2D eigenvalue weighted by atomic mass is 35.5. The van der Waals surface area contributed by atoms with E-state index < -0.39 is 23.8 Å². The van der Waals surface area contributed by atoms with E-state index in [1.54, 1.807) is 6.07 Å². The van der Waals surface area contributed by atoms with Crippen LogP contribution in [0.15, 0.2) is 66.2 Å². The fourth-order valence-electron chi connectivity index (χ4n) is 3.85. The first-order valence-corrected chi connectivity index (χ1v) is 12.3. The number of halogens is 1. The minimum absolute atomic E-state index is 0.142. The Labute approximate surface area is 234 Å². The smallest absolute Gasteiger partial charge is 0.337 e. The first-order valence-electron chi connectivity index (χ1n) is 12.0. The molecule has 4 rings (SSSR count).